The molecule has 2 heterocycles. The minimum Gasteiger partial charge on any atom is -0.494 e. The van der Waals surface area contributed by atoms with E-state index in [4.69, 9.17) is 16.3 Å². The lowest BCUT2D eigenvalue weighted by atomic mass is 10.3. The molecule has 1 aliphatic rings. The van der Waals surface area contributed by atoms with Crippen molar-refractivity contribution < 1.29 is 13.2 Å². The second-order valence-electron chi connectivity index (χ2n) is 5.62. The summed E-state index contributed by atoms with van der Waals surface area (Å²) in [4.78, 5) is 6.34. The maximum absolute atomic E-state index is 12.8. The number of rotatable bonds is 5. The van der Waals surface area contributed by atoms with Crippen LogP contribution in [0, 0.1) is 0 Å². The number of aromatic nitrogens is 1. The number of nitrogens with zero attached hydrogens (tertiary/aromatic N) is 3. The number of piperazine rings is 1. The smallest absolute Gasteiger partial charge is 0.243 e. The van der Waals surface area contributed by atoms with Gasteiger partial charge in [0.2, 0.25) is 10.0 Å². The van der Waals surface area contributed by atoms with Crippen LogP contribution in [-0.4, -0.2) is 50.5 Å². The highest BCUT2D eigenvalue weighted by atomic mass is 35.5. The molecule has 1 aromatic carbocycles. The summed E-state index contributed by atoms with van der Waals surface area (Å²) in [6.07, 6.45) is 3.28. The van der Waals surface area contributed by atoms with Crippen molar-refractivity contribution in [2.45, 2.75) is 11.8 Å². The van der Waals surface area contributed by atoms with Crippen LogP contribution < -0.4 is 9.64 Å². The summed E-state index contributed by atoms with van der Waals surface area (Å²) in [6, 6.07) is 8.39. The van der Waals surface area contributed by atoms with Gasteiger partial charge in [-0.3, -0.25) is 4.98 Å². The second-order valence-corrected chi connectivity index (χ2v) is 7.97. The minimum atomic E-state index is -3.50. The van der Waals surface area contributed by atoms with Crippen LogP contribution in [0.5, 0.6) is 5.75 Å². The van der Waals surface area contributed by atoms with E-state index < -0.39 is 10.0 Å². The lowest BCUT2D eigenvalue weighted by molar-refractivity contribution is 0.340. The zero-order valence-electron chi connectivity index (χ0n) is 13.9. The standard InChI is InChI=1S/C17H20ClN3O3S/c1-2-24-14-3-5-15(6-4-14)25(22,23)21-11-9-20(10-12-21)17-7-8-19-13-16(17)18/h3-8,13H,2,9-12H2,1H3. The highest BCUT2D eigenvalue weighted by Gasteiger charge is 2.29. The SMILES string of the molecule is CCOc1ccc(S(=O)(=O)N2CCN(c3ccncc3Cl)CC2)cc1. The van der Waals surface area contributed by atoms with Crippen LogP contribution in [-0.2, 0) is 10.0 Å². The van der Waals surface area contributed by atoms with E-state index in [0.29, 0.717) is 43.6 Å². The number of hydrogen-bond acceptors (Lipinski definition) is 5. The van der Waals surface area contributed by atoms with Gasteiger partial charge in [0.15, 0.2) is 0 Å². The highest BCUT2D eigenvalue weighted by molar-refractivity contribution is 7.89. The molecule has 134 valence electrons. The lowest BCUT2D eigenvalue weighted by Crippen LogP contribution is -2.48. The Kier molecular flexibility index (Phi) is 5.46. The number of halogens is 1. The zero-order valence-corrected chi connectivity index (χ0v) is 15.5. The van der Waals surface area contributed by atoms with Crippen molar-refractivity contribution in [2.75, 3.05) is 37.7 Å². The Morgan fingerprint density at radius 2 is 1.80 bits per heavy atom. The number of hydrogen-bond donors (Lipinski definition) is 0. The molecule has 0 atom stereocenters. The van der Waals surface area contributed by atoms with Crippen LogP contribution in [0.4, 0.5) is 5.69 Å². The molecule has 0 spiro atoms. The average molecular weight is 382 g/mol. The second kappa shape index (κ2) is 7.59. The first-order chi connectivity index (χ1) is 12.0. The van der Waals surface area contributed by atoms with Gasteiger partial charge in [0.05, 0.1) is 22.2 Å². The van der Waals surface area contributed by atoms with Crippen molar-refractivity contribution in [1.29, 1.82) is 0 Å². The van der Waals surface area contributed by atoms with E-state index in [1.54, 1.807) is 36.7 Å². The fourth-order valence-corrected chi connectivity index (χ4v) is 4.48. The van der Waals surface area contributed by atoms with Crippen LogP contribution in [0.1, 0.15) is 6.92 Å². The molecule has 0 radical (unpaired) electrons. The average Bonchev–Trinajstić information content (AvgIpc) is 2.63. The van der Waals surface area contributed by atoms with Crippen molar-refractivity contribution in [3.8, 4) is 5.75 Å². The Balaban J connectivity index is 1.70. The molecule has 6 nitrogen and oxygen atoms in total. The summed E-state index contributed by atoms with van der Waals surface area (Å²) < 4.78 is 32.5. The summed E-state index contributed by atoms with van der Waals surface area (Å²) in [5, 5.41) is 0.574. The van der Waals surface area contributed by atoms with Crippen LogP contribution in [0.25, 0.3) is 0 Å². The topological polar surface area (TPSA) is 62.7 Å². The Bertz CT molecular complexity index is 819. The van der Waals surface area contributed by atoms with E-state index in [2.05, 4.69) is 9.88 Å². The maximum Gasteiger partial charge on any atom is 0.243 e. The number of benzene rings is 1. The van der Waals surface area contributed by atoms with Gasteiger partial charge in [-0.1, -0.05) is 11.6 Å². The van der Waals surface area contributed by atoms with E-state index in [1.165, 1.54) is 4.31 Å². The van der Waals surface area contributed by atoms with Gasteiger partial charge in [-0.05, 0) is 37.3 Å². The largest absolute Gasteiger partial charge is 0.494 e. The van der Waals surface area contributed by atoms with Crippen molar-refractivity contribution in [2.24, 2.45) is 0 Å². The predicted octanol–water partition coefficient (Wildman–Crippen LogP) is 2.64. The predicted molar refractivity (Wildman–Crippen MR) is 97.8 cm³/mol. The van der Waals surface area contributed by atoms with Gasteiger partial charge in [-0.2, -0.15) is 4.31 Å². The van der Waals surface area contributed by atoms with Crippen molar-refractivity contribution in [1.82, 2.24) is 9.29 Å². The molecule has 0 saturated carbocycles. The normalized spacial score (nSPS) is 16.0. The molecule has 0 bridgehead atoms. The summed E-state index contributed by atoms with van der Waals surface area (Å²) in [6.45, 7) is 4.42. The number of ether oxygens (including phenoxy) is 1. The van der Waals surface area contributed by atoms with E-state index in [0.717, 1.165) is 5.69 Å². The van der Waals surface area contributed by atoms with Gasteiger partial charge in [-0.15, -0.1) is 0 Å². The summed E-state index contributed by atoms with van der Waals surface area (Å²) >= 11 is 6.17. The quantitative estimate of drug-likeness (QED) is 0.796. The van der Waals surface area contributed by atoms with Crippen molar-refractivity contribution in [3.63, 3.8) is 0 Å². The van der Waals surface area contributed by atoms with Gasteiger partial charge in [0.25, 0.3) is 0 Å². The molecule has 3 rings (SSSR count). The van der Waals surface area contributed by atoms with Crippen LogP contribution in [0.3, 0.4) is 0 Å². The highest BCUT2D eigenvalue weighted by Crippen LogP contribution is 2.27. The fraction of sp³-hybridized carbons (Fsp3) is 0.353. The van der Waals surface area contributed by atoms with Gasteiger partial charge in [-0.25, -0.2) is 8.42 Å². The van der Waals surface area contributed by atoms with Gasteiger partial charge in [0, 0.05) is 38.6 Å². The fourth-order valence-electron chi connectivity index (χ4n) is 2.82. The Labute approximate surface area is 153 Å². The van der Waals surface area contributed by atoms with Crippen molar-refractivity contribution in [3.05, 3.63) is 47.7 Å². The number of anilines is 1. The van der Waals surface area contributed by atoms with Gasteiger partial charge >= 0.3 is 0 Å². The molecular weight excluding hydrogens is 362 g/mol. The molecule has 0 aliphatic carbocycles. The summed E-state index contributed by atoms with van der Waals surface area (Å²) in [5.74, 6) is 0.665. The molecule has 0 N–H and O–H groups in total. The summed E-state index contributed by atoms with van der Waals surface area (Å²) in [5.41, 5.74) is 0.884. The lowest BCUT2D eigenvalue weighted by Gasteiger charge is -2.35. The van der Waals surface area contributed by atoms with E-state index >= 15 is 0 Å². The molecule has 1 saturated heterocycles. The zero-order chi connectivity index (χ0) is 17.9. The molecule has 2 aromatic rings. The number of pyridine rings is 1. The molecule has 1 aromatic heterocycles. The molecule has 0 unspecified atom stereocenters. The van der Waals surface area contributed by atoms with Crippen LogP contribution in [0.2, 0.25) is 5.02 Å². The first kappa shape index (κ1) is 18.0. The Morgan fingerprint density at radius 3 is 2.40 bits per heavy atom. The van der Waals surface area contributed by atoms with Crippen LogP contribution in [0.15, 0.2) is 47.6 Å². The van der Waals surface area contributed by atoms with Gasteiger partial charge < -0.3 is 9.64 Å². The van der Waals surface area contributed by atoms with E-state index in [9.17, 15) is 8.42 Å². The Morgan fingerprint density at radius 1 is 1.12 bits per heavy atom. The first-order valence-electron chi connectivity index (χ1n) is 8.10. The molecule has 0 amide bonds. The first-order valence-corrected chi connectivity index (χ1v) is 9.91. The third-order valence-corrected chi connectivity index (χ3v) is 6.31. The summed E-state index contributed by atoms with van der Waals surface area (Å²) in [7, 11) is -3.50. The monoisotopic (exact) mass is 381 g/mol. The van der Waals surface area contributed by atoms with Gasteiger partial charge in [0.1, 0.15) is 5.75 Å². The molecule has 25 heavy (non-hydrogen) atoms. The van der Waals surface area contributed by atoms with Crippen molar-refractivity contribution >= 4 is 27.3 Å². The van der Waals surface area contributed by atoms with Crippen LogP contribution >= 0.6 is 11.6 Å². The molecule has 8 heteroatoms. The third kappa shape index (κ3) is 3.89. The van der Waals surface area contributed by atoms with E-state index in [1.807, 2.05) is 13.0 Å². The third-order valence-electron chi connectivity index (χ3n) is 4.10. The van der Waals surface area contributed by atoms with E-state index in [-0.39, 0.29) is 4.90 Å². The molecular formula is C17H20ClN3O3S. The Hall–Kier alpha value is -1.83. The number of sulfonamides is 1. The minimum absolute atomic E-state index is 0.284. The molecule has 1 aliphatic heterocycles. The molecule has 1 fully saturated rings. The maximum atomic E-state index is 12.8.